The Kier molecular flexibility index (Phi) is 5.14. The molecule has 4 atom stereocenters. The Morgan fingerprint density at radius 2 is 0.941 bits per heavy atom. The second-order valence-electron chi connectivity index (χ2n) is 9.40. The molecule has 0 unspecified atom stereocenters. The summed E-state index contributed by atoms with van der Waals surface area (Å²) in [6.07, 6.45) is 1.76. The van der Waals surface area contributed by atoms with Crippen molar-refractivity contribution >= 4 is 34.0 Å². The second kappa shape index (κ2) is 8.45. The summed E-state index contributed by atoms with van der Waals surface area (Å²) in [5.41, 5.74) is 4.01. The average molecular weight is 447 g/mol. The topological polar surface area (TPSA) is 58.2 Å². The Morgan fingerprint density at radius 3 is 1.35 bits per heavy atom. The Bertz CT molecular complexity index is 1260. The van der Waals surface area contributed by atoms with Crippen LogP contribution >= 0.6 is 0 Å². The second-order valence-corrected chi connectivity index (χ2v) is 9.40. The number of carbonyl (C=O) groups is 2. The molecule has 4 aromatic carbocycles. The van der Waals surface area contributed by atoms with E-state index in [0.29, 0.717) is 11.8 Å². The summed E-state index contributed by atoms with van der Waals surface area (Å²) >= 11 is 0. The third-order valence-electron chi connectivity index (χ3n) is 7.15. The molecule has 168 valence electrons. The summed E-state index contributed by atoms with van der Waals surface area (Å²) in [4.78, 5) is 25.9. The number of amides is 2. The monoisotopic (exact) mass is 446 g/mol. The van der Waals surface area contributed by atoms with Crippen LogP contribution in [0.25, 0.3) is 10.8 Å². The van der Waals surface area contributed by atoms with Gasteiger partial charge in [0.15, 0.2) is 0 Å². The summed E-state index contributed by atoms with van der Waals surface area (Å²) in [7, 11) is 0. The van der Waals surface area contributed by atoms with Gasteiger partial charge < -0.3 is 10.6 Å². The fraction of sp³-hybridized carbons (Fsp3) is 0.200. The van der Waals surface area contributed by atoms with Crippen LogP contribution in [0.5, 0.6) is 0 Å². The van der Waals surface area contributed by atoms with Crippen LogP contribution in [0, 0.1) is 11.8 Å². The van der Waals surface area contributed by atoms with Crippen molar-refractivity contribution in [2.24, 2.45) is 11.8 Å². The zero-order chi connectivity index (χ0) is 23.1. The predicted molar refractivity (Wildman–Crippen MR) is 136 cm³/mol. The van der Waals surface area contributed by atoms with Crippen LogP contribution in [0.1, 0.15) is 35.8 Å². The highest BCUT2D eigenvalue weighted by Gasteiger charge is 2.44. The van der Waals surface area contributed by atoms with Crippen LogP contribution in [0.15, 0.2) is 97.1 Å². The molecule has 4 aromatic rings. The first-order valence-electron chi connectivity index (χ1n) is 11.9. The van der Waals surface area contributed by atoms with E-state index in [9.17, 15) is 9.59 Å². The van der Waals surface area contributed by atoms with Gasteiger partial charge in [-0.15, -0.1) is 0 Å². The number of fused-ring (bicyclic) bond motifs is 1. The Labute approximate surface area is 199 Å². The molecule has 2 amide bonds. The lowest BCUT2D eigenvalue weighted by atomic mass is 10.1. The van der Waals surface area contributed by atoms with Gasteiger partial charge in [0.1, 0.15) is 0 Å². The number of benzene rings is 4. The summed E-state index contributed by atoms with van der Waals surface area (Å²) in [6.45, 7) is 0. The van der Waals surface area contributed by atoms with Gasteiger partial charge in [-0.05, 0) is 47.9 Å². The molecule has 2 fully saturated rings. The Hall–Kier alpha value is -3.92. The molecular formula is C30H26N2O2. The van der Waals surface area contributed by atoms with Gasteiger partial charge in [0.05, 0.1) is 0 Å². The van der Waals surface area contributed by atoms with Gasteiger partial charge in [0.2, 0.25) is 11.8 Å². The van der Waals surface area contributed by atoms with Gasteiger partial charge in [-0.2, -0.15) is 0 Å². The van der Waals surface area contributed by atoms with E-state index in [1.807, 2.05) is 72.8 Å². The largest absolute Gasteiger partial charge is 0.325 e. The molecule has 6 rings (SSSR count). The molecule has 0 heterocycles. The molecule has 34 heavy (non-hydrogen) atoms. The van der Waals surface area contributed by atoms with E-state index in [0.717, 1.165) is 35.0 Å². The van der Waals surface area contributed by atoms with Gasteiger partial charge in [-0.3, -0.25) is 9.59 Å². The fourth-order valence-corrected chi connectivity index (χ4v) is 5.09. The minimum atomic E-state index is 0.00493. The number of anilines is 2. The number of nitrogens with one attached hydrogen (secondary N) is 2. The van der Waals surface area contributed by atoms with E-state index in [2.05, 4.69) is 34.9 Å². The number of rotatable bonds is 6. The SMILES string of the molecule is O=C(Nc1cccc2c(NC(=O)[C@@H]3C[C@@H]3c3ccccc3)cccc12)[C@H]1C[C@H]1c1ccccc1. The average Bonchev–Trinajstić information content (AvgIpc) is 3.79. The molecule has 0 spiro atoms. The number of hydrogen-bond acceptors (Lipinski definition) is 2. The van der Waals surface area contributed by atoms with E-state index in [4.69, 9.17) is 0 Å². The molecule has 2 N–H and O–H groups in total. The fourth-order valence-electron chi connectivity index (χ4n) is 5.09. The zero-order valence-corrected chi connectivity index (χ0v) is 18.8. The zero-order valence-electron chi connectivity index (χ0n) is 18.8. The van der Waals surface area contributed by atoms with Gasteiger partial charge in [0, 0.05) is 34.0 Å². The molecule has 0 saturated heterocycles. The highest BCUT2D eigenvalue weighted by molar-refractivity contribution is 6.10. The van der Waals surface area contributed by atoms with Crippen LogP contribution in [0.3, 0.4) is 0 Å². The van der Waals surface area contributed by atoms with Crippen molar-refractivity contribution in [2.45, 2.75) is 24.7 Å². The van der Waals surface area contributed by atoms with Crippen molar-refractivity contribution in [3.05, 3.63) is 108 Å². The molecule has 0 radical (unpaired) electrons. The molecule has 4 nitrogen and oxygen atoms in total. The summed E-state index contributed by atoms with van der Waals surface area (Å²) in [5.74, 6) is 0.707. The molecule has 2 aliphatic rings. The third kappa shape index (κ3) is 3.96. The van der Waals surface area contributed by atoms with Crippen LogP contribution in [0.2, 0.25) is 0 Å². The van der Waals surface area contributed by atoms with Crippen LogP contribution in [-0.4, -0.2) is 11.8 Å². The summed E-state index contributed by atoms with van der Waals surface area (Å²) in [5, 5.41) is 8.14. The van der Waals surface area contributed by atoms with Crippen LogP contribution < -0.4 is 10.6 Å². The lowest BCUT2D eigenvalue weighted by Gasteiger charge is -2.13. The lowest BCUT2D eigenvalue weighted by molar-refractivity contribution is -0.118. The normalized spacial score (nSPS) is 22.7. The molecule has 2 aliphatic carbocycles. The maximum atomic E-state index is 13.0. The maximum Gasteiger partial charge on any atom is 0.228 e. The first-order valence-corrected chi connectivity index (χ1v) is 11.9. The highest BCUT2D eigenvalue weighted by Crippen LogP contribution is 2.49. The van der Waals surface area contributed by atoms with E-state index in [1.165, 1.54) is 11.1 Å². The molecule has 4 heteroatoms. The minimum Gasteiger partial charge on any atom is -0.325 e. The predicted octanol–water partition coefficient (Wildman–Crippen LogP) is 6.32. The minimum absolute atomic E-state index is 0.00493. The van der Waals surface area contributed by atoms with Crippen molar-refractivity contribution in [2.75, 3.05) is 10.6 Å². The standard InChI is InChI=1S/C30H26N2O2/c33-29(25-17-23(25)19-9-3-1-4-10-19)31-27-15-7-14-22-21(27)13-8-16-28(22)32-30(34)26-18-24(26)20-11-5-2-6-12-20/h1-16,23-26H,17-18H2,(H,31,33)(H,32,34)/t23-,24+,25-,26+. The smallest absolute Gasteiger partial charge is 0.228 e. The van der Waals surface area contributed by atoms with Crippen LogP contribution in [-0.2, 0) is 9.59 Å². The van der Waals surface area contributed by atoms with Crippen molar-refractivity contribution in [3.8, 4) is 0 Å². The molecule has 0 aromatic heterocycles. The van der Waals surface area contributed by atoms with Crippen LogP contribution in [0.4, 0.5) is 11.4 Å². The maximum absolute atomic E-state index is 13.0. The van der Waals surface area contributed by atoms with Gasteiger partial charge >= 0.3 is 0 Å². The van der Waals surface area contributed by atoms with E-state index >= 15 is 0 Å². The van der Waals surface area contributed by atoms with E-state index < -0.39 is 0 Å². The first-order chi connectivity index (χ1) is 16.7. The number of hydrogen-bond donors (Lipinski definition) is 2. The third-order valence-corrected chi connectivity index (χ3v) is 7.15. The van der Waals surface area contributed by atoms with Gasteiger partial charge in [-0.1, -0.05) is 84.9 Å². The van der Waals surface area contributed by atoms with Gasteiger partial charge in [-0.25, -0.2) is 0 Å². The first kappa shape index (κ1) is 20.7. The van der Waals surface area contributed by atoms with Crippen molar-refractivity contribution in [1.29, 1.82) is 0 Å². The summed E-state index contributed by atoms with van der Waals surface area (Å²) in [6, 6.07) is 32.1. The van der Waals surface area contributed by atoms with Crippen molar-refractivity contribution < 1.29 is 9.59 Å². The Morgan fingerprint density at radius 1 is 0.529 bits per heavy atom. The van der Waals surface area contributed by atoms with E-state index in [1.54, 1.807) is 0 Å². The quantitative estimate of drug-likeness (QED) is 0.364. The molecule has 0 bridgehead atoms. The number of carbonyl (C=O) groups excluding carboxylic acids is 2. The molecule has 0 aliphatic heterocycles. The summed E-state index contributed by atoms with van der Waals surface area (Å²) < 4.78 is 0. The highest BCUT2D eigenvalue weighted by atomic mass is 16.2. The van der Waals surface area contributed by atoms with Gasteiger partial charge in [0.25, 0.3) is 0 Å². The van der Waals surface area contributed by atoms with Crippen molar-refractivity contribution in [3.63, 3.8) is 0 Å². The lowest BCUT2D eigenvalue weighted by Crippen LogP contribution is -2.16. The molecule has 2 saturated carbocycles. The Balaban J connectivity index is 1.17. The van der Waals surface area contributed by atoms with Crippen molar-refractivity contribution in [1.82, 2.24) is 0 Å². The van der Waals surface area contributed by atoms with E-state index in [-0.39, 0.29) is 23.7 Å². The molecular weight excluding hydrogens is 420 g/mol.